The van der Waals surface area contributed by atoms with Crippen LogP contribution in [0.25, 0.3) is 0 Å². The summed E-state index contributed by atoms with van der Waals surface area (Å²) >= 11 is 1.21. The lowest BCUT2D eigenvalue weighted by molar-refractivity contribution is -0.139. The molecule has 0 aliphatic carbocycles. The van der Waals surface area contributed by atoms with Crippen LogP contribution in [0.4, 0.5) is 5.13 Å². The van der Waals surface area contributed by atoms with E-state index >= 15 is 0 Å². The maximum Gasteiger partial charge on any atom is 0.305 e. The summed E-state index contributed by atoms with van der Waals surface area (Å²) in [4.78, 5) is 28.8. The van der Waals surface area contributed by atoms with E-state index in [-0.39, 0.29) is 18.2 Å². The zero-order valence-corrected chi connectivity index (χ0v) is 11.6. The third kappa shape index (κ3) is 3.01. The Morgan fingerprint density at radius 1 is 1.63 bits per heavy atom. The summed E-state index contributed by atoms with van der Waals surface area (Å²) in [5.74, 6) is -0.336. The quantitative estimate of drug-likeness (QED) is 0.833. The average molecular weight is 284 g/mol. The molecule has 8 heteroatoms. The van der Waals surface area contributed by atoms with Crippen LogP contribution in [0.3, 0.4) is 0 Å². The highest BCUT2D eigenvalue weighted by Crippen LogP contribution is 2.25. The first-order valence-electron chi connectivity index (χ1n) is 6.08. The molecule has 1 saturated heterocycles. The fourth-order valence-electron chi connectivity index (χ4n) is 1.89. The lowest BCUT2D eigenvalue weighted by atomic mass is 10.1. The SMILES string of the molecule is CC(C)c1nsc(N2CCNC(=O)C2CC(=O)O)n1. The number of carboxylic acids is 1. The van der Waals surface area contributed by atoms with Gasteiger partial charge >= 0.3 is 5.97 Å². The zero-order valence-electron chi connectivity index (χ0n) is 10.8. The molecular weight excluding hydrogens is 268 g/mol. The van der Waals surface area contributed by atoms with Gasteiger partial charge in [-0.25, -0.2) is 4.98 Å². The third-order valence-electron chi connectivity index (χ3n) is 2.89. The maximum atomic E-state index is 11.8. The highest BCUT2D eigenvalue weighted by Gasteiger charge is 2.33. The second-order valence-corrected chi connectivity index (χ2v) is 5.42. The first kappa shape index (κ1) is 13.7. The largest absolute Gasteiger partial charge is 0.481 e. The molecule has 1 fully saturated rings. The second-order valence-electron chi connectivity index (χ2n) is 4.69. The van der Waals surface area contributed by atoms with E-state index in [9.17, 15) is 9.59 Å². The Labute approximate surface area is 114 Å². The predicted molar refractivity (Wildman–Crippen MR) is 70.4 cm³/mol. The topological polar surface area (TPSA) is 95.4 Å². The van der Waals surface area contributed by atoms with Gasteiger partial charge in [0.25, 0.3) is 0 Å². The minimum atomic E-state index is -0.999. The van der Waals surface area contributed by atoms with Gasteiger partial charge in [-0.15, -0.1) is 0 Å². The van der Waals surface area contributed by atoms with Crippen LogP contribution in [0.2, 0.25) is 0 Å². The summed E-state index contributed by atoms with van der Waals surface area (Å²) in [5.41, 5.74) is 0. The predicted octanol–water partition coefficient (Wildman–Crippen LogP) is 0.441. The summed E-state index contributed by atoms with van der Waals surface area (Å²) in [5, 5.41) is 12.2. The van der Waals surface area contributed by atoms with E-state index in [1.807, 2.05) is 13.8 Å². The molecule has 0 aromatic carbocycles. The fourth-order valence-corrected chi connectivity index (χ4v) is 2.77. The van der Waals surface area contributed by atoms with E-state index in [0.29, 0.717) is 18.2 Å². The Morgan fingerprint density at radius 3 is 2.95 bits per heavy atom. The summed E-state index contributed by atoms with van der Waals surface area (Å²) in [6.45, 7) is 5.02. The van der Waals surface area contributed by atoms with E-state index in [2.05, 4.69) is 14.7 Å². The number of aromatic nitrogens is 2. The molecule has 19 heavy (non-hydrogen) atoms. The molecule has 0 radical (unpaired) electrons. The van der Waals surface area contributed by atoms with E-state index in [1.165, 1.54) is 11.5 Å². The van der Waals surface area contributed by atoms with Crippen LogP contribution < -0.4 is 10.2 Å². The number of rotatable bonds is 4. The number of hydrogen-bond donors (Lipinski definition) is 2. The number of carboxylic acid groups (broad SMARTS) is 1. The summed E-state index contributed by atoms with van der Waals surface area (Å²) in [6, 6.07) is -0.709. The Kier molecular flexibility index (Phi) is 3.98. The maximum absolute atomic E-state index is 11.8. The molecule has 0 saturated carbocycles. The number of aliphatic carboxylic acids is 1. The van der Waals surface area contributed by atoms with E-state index in [1.54, 1.807) is 4.90 Å². The van der Waals surface area contributed by atoms with Gasteiger partial charge in [0.15, 0.2) is 0 Å². The van der Waals surface area contributed by atoms with Crippen molar-refractivity contribution < 1.29 is 14.7 Å². The van der Waals surface area contributed by atoms with Crippen molar-refractivity contribution in [3.05, 3.63) is 5.82 Å². The van der Waals surface area contributed by atoms with E-state index in [0.717, 1.165) is 5.82 Å². The average Bonchev–Trinajstić information content (AvgIpc) is 2.80. The fraction of sp³-hybridized carbons (Fsp3) is 0.636. The van der Waals surface area contributed by atoms with Gasteiger partial charge in [0, 0.05) is 30.5 Å². The minimum Gasteiger partial charge on any atom is -0.481 e. The number of carbonyl (C=O) groups is 2. The van der Waals surface area contributed by atoms with Gasteiger partial charge < -0.3 is 15.3 Å². The van der Waals surface area contributed by atoms with Gasteiger partial charge in [0.05, 0.1) is 6.42 Å². The van der Waals surface area contributed by atoms with Crippen LogP contribution in [0.15, 0.2) is 0 Å². The van der Waals surface area contributed by atoms with Crippen LogP contribution in [-0.2, 0) is 9.59 Å². The van der Waals surface area contributed by atoms with Crippen molar-refractivity contribution >= 4 is 28.5 Å². The normalized spacial score (nSPS) is 19.6. The van der Waals surface area contributed by atoms with Crippen molar-refractivity contribution in [1.29, 1.82) is 0 Å². The van der Waals surface area contributed by atoms with Crippen molar-refractivity contribution in [2.75, 3.05) is 18.0 Å². The molecule has 1 amide bonds. The lowest BCUT2D eigenvalue weighted by Gasteiger charge is -2.33. The van der Waals surface area contributed by atoms with Crippen LogP contribution in [0, 0.1) is 0 Å². The Bertz CT molecular complexity index is 488. The molecule has 2 N–H and O–H groups in total. The summed E-state index contributed by atoms with van der Waals surface area (Å²) in [6.07, 6.45) is -0.234. The molecule has 0 bridgehead atoms. The number of nitrogens with one attached hydrogen (secondary N) is 1. The Balaban J connectivity index is 2.23. The molecule has 0 spiro atoms. The van der Waals surface area contributed by atoms with E-state index < -0.39 is 12.0 Å². The van der Waals surface area contributed by atoms with Gasteiger partial charge in [-0.1, -0.05) is 13.8 Å². The van der Waals surface area contributed by atoms with Gasteiger partial charge in [0.2, 0.25) is 11.0 Å². The van der Waals surface area contributed by atoms with Gasteiger partial charge in [-0.3, -0.25) is 9.59 Å². The zero-order chi connectivity index (χ0) is 14.0. The first-order valence-corrected chi connectivity index (χ1v) is 6.86. The van der Waals surface area contributed by atoms with Gasteiger partial charge in [0.1, 0.15) is 11.9 Å². The smallest absolute Gasteiger partial charge is 0.305 e. The molecule has 1 aliphatic heterocycles. The number of amides is 1. The van der Waals surface area contributed by atoms with Crippen LogP contribution >= 0.6 is 11.5 Å². The highest BCUT2D eigenvalue weighted by molar-refractivity contribution is 7.09. The van der Waals surface area contributed by atoms with Crippen LogP contribution in [0.1, 0.15) is 32.0 Å². The molecule has 2 heterocycles. The third-order valence-corrected chi connectivity index (χ3v) is 3.66. The number of carbonyl (C=O) groups excluding carboxylic acids is 1. The van der Waals surface area contributed by atoms with Gasteiger partial charge in [-0.2, -0.15) is 4.37 Å². The molecule has 1 aliphatic rings. The minimum absolute atomic E-state index is 0.210. The number of hydrogen-bond acceptors (Lipinski definition) is 6. The Hall–Kier alpha value is -1.70. The van der Waals surface area contributed by atoms with Crippen LogP contribution in [-0.4, -0.2) is 45.5 Å². The number of piperazine rings is 1. The summed E-state index contributed by atoms with van der Waals surface area (Å²) < 4.78 is 4.24. The summed E-state index contributed by atoms with van der Waals surface area (Å²) in [7, 11) is 0. The second kappa shape index (κ2) is 5.52. The molecular formula is C11H16N4O3S. The molecule has 104 valence electrons. The Morgan fingerprint density at radius 2 is 2.37 bits per heavy atom. The molecule has 1 atom stereocenters. The monoisotopic (exact) mass is 284 g/mol. The lowest BCUT2D eigenvalue weighted by Crippen LogP contribution is -2.56. The molecule has 2 rings (SSSR count). The van der Waals surface area contributed by atoms with Crippen molar-refractivity contribution in [3.8, 4) is 0 Å². The standard InChI is InChI=1S/C11H16N4O3S/c1-6(2)9-13-11(19-14-9)15-4-3-12-10(18)7(15)5-8(16)17/h6-7H,3-5H2,1-2H3,(H,12,18)(H,16,17). The molecule has 1 aromatic heterocycles. The van der Waals surface area contributed by atoms with Crippen molar-refractivity contribution in [2.24, 2.45) is 0 Å². The molecule has 1 unspecified atom stereocenters. The van der Waals surface area contributed by atoms with Gasteiger partial charge in [-0.05, 0) is 0 Å². The van der Waals surface area contributed by atoms with E-state index in [4.69, 9.17) is 5.11 Å². The number of nitrogens with zero attached hydrogens (tertiary/aromatic N) is 3. The highest BCUT2D eigenvalue weighted by atomic mass is 32.1. The number of anilines is 1. The molecule has 7 nitrogen and oxygen atoms in total. The van der Waals surface area contributed by atoms with Crippen LogP contribution in [0.5, 0.6) is 0 Å². The first-order chi connectivity index (χ1) is 8.99. The molecule has 1 aromatic rings. The van der Waals surface area contributed by atoms with Crippen molar-refractivity contribution in [3.63, 3.8) is 0 Å². The van der Waals surface area contributed by atoms with Crippen molar-refractivity contribution in [1.82, 2.24) is 14.7 Å². The van der Waals surface area contributed by atoms with Crippen molar-refractivity contribution in [2.45, 2.75) is 32.2 Å².